The minimum Gasteiger partial charge on any atom is -0.356 e. The van der Waals surface area contributed by atoms with Crippen molar-refractivity contribution in [3.05, 3.63) is 21.9 Å². The number of thiophene rings is 1. The van der Waals surface area contributed by atoms with Crippen molar-refractivity contribution < 1.29 is 4.79 Å². The summed E-state index contributed by atoms with van der Waals surface area (Å²) in [4.78, 5) is 13.1. The third-order valence-electron chi connectivity index (χ3n) is 2.17. The third kappa shape index (κ3) is 5.48. The molecule has 0 unspecified atom stereocenters. The van der Waals surface area contributed by atoms with Gasteiger partial charge in [0, 0.05) is 30.9 Å². The van der Waals surface area contributed by atoms with E-state index in [0.717, 1.165) is 22.7 Å². The molecule has 0 saturated carbocycles. The standard InChI is InChI=1S/C12H17N3OS/c1-2-6-15-12(16)5-7-14-9-11-4-3-10(8-13)17-11/h3-4,14H,2,5-7,9H2,1H3,(H,15,16). The van der Waals surface area contributed by atoms with E-state index in [0.29, 0.717) is 19.5 Å². The number of nitriles is 1. The van der Waals surface area contributed by atoms with Gasteiger partial charge in [0.2, 0.25) is 5.91 Å². The molecule has 1 heterocycles. The molecular weight excluding hydrogens is 234 g/mol. The van der Waals surface area contributed by atoms with Crippen molar-refractivity contribution in [2.75, 3.05) is 13.1 Å². The lowest BCUT2D eigenvalue weighted by Crippen LogP contribution is -2.27. The number of rotatable bonds is 7. The first-order chi connectivity index (χ1) is 8.26. The van der Waals surface area contributed by atoms with Crippen LogP contribution in [0.25, 0.3) is 0 Å². The van der Waals surface area contributed by atoms with Gasteiger partial charge in [-0.05, 0) is 18.6 Å². The Labute approximate surface area is 106 Å². The van der Waals surface area contributed by atoms with Crippen LogP contribution in [0.1, 0.15) is 29.5 Å². The van der Waals surface area contributed by atoms with Gasteiger partial charge in [0.05, 0.1) is 0 Å². The first-order valence-electron chi connectivity index (χ1n) is 5.72. The molecule has 2 N–H and O–H groups in total. The van der Waals surface area contributed by atoms with E-state index in [2.05, 4.69) is 16.7 Å². The van der Waals surface area contributed by atoms with Gasteiger partial charge in [-0.25, -0.2) is 0 Å². The smallest absolute Gasteiger partial charge is 0.221 e. The van der Waals surface area contributed by atoms with E-state index in [1.165, 1.54) is 11.3 Å². The molecule has 17 heavy (non-hydrogen) atoms. The second-order valence-electron chi connectivity index (χ2n) is 3.65. The zero-order valence-corrected chi connectivity index (χ0v) is 10.8. The quantitative estimate of drug-likeness (QED) is 0.724. The fourth-order valence-corrected chi connectivity index (χ4v) is 2.07. The van der Waals surface area contributed by atoms with E-state index in [4.69, 9.17) is 5.26 Å². The maximum atomic E-state index is 11.3. The molecule has 0 aromatic carbocycles. The number of carbonyl (C=O) groups is 1. The largest absolute Gasteiger partial charge is 0.356 e. The van der Waals surface area contributed by atoms with E-state index in [1.54, 1.807) is 0 Å². The van der Waals surface area contributed by atoms with Crippen LogP contribution < -0.4 is 10.6 Å². The highest BCUT2D eigenvalue weighted by molar-refractivity contribution is 7.12. The first-order valence-corrected chi connectivity index (χ1v) is 6.54. The lowest BCUT2D eigenvalue weighted by molar-refractivity contribution is -0.120. The van der Waals surface area contributed by atoms with Crippen LogP contribution in [-0.4, -0.2) is 19.0 Å². The number of hydrogen-bond donors (Lipinski definition) is 2. The van der Waals surface area contributed by atoms with Crippen LogP contribution in [0, 0.1) is 11.3 Å². The molecule has 1 aromatic heterocycles. The molecule has 92 valence electrons. The summed E-state index contributed by atoms with van der Waals surface area (Å²) in [5.41, 5.74) is 0. The number of carbonyl (C=O) groups excluding carboxylic acids is 1. The topological polar surface area (TPSA) is 64.9 Å². The molecule has 0 atom stereocenters. The third-order valence-corrected chi connectivity index (χ3v) is 3.16. The molecule has 5 heteroatoms. The summed E-state index contributed by atoms with van der Waals surface area (Å²) in [6.07, 6.45) is 1.46. The summed E-state index contributed by atoms with van der Waals surface area (Å²) in [5.74, 6) is 0.0863. The number of nitrogens with one attached hydrogen (secondary N) is 2. The molecule has 1 amide bonds. The number of nitrogens with zero attached hydrogens (tertiary/aromatic N) is 1. The normalized spacial score (nSPS) is 9.88. The van der Waals surface area contributed by atoms with Crippen molar-refractivity contribution in [1.29, 1.82) is 5.26 Å². The molecule has 0 aliphatic carbocycles. The van der Waals surface area contributed by atoms with Gasteiger partial charge < -0.3 is 10.6 Å². The van der Waals surface area contributed by atoms with E-state index >= 15 is 0 Å². The first kappa shape index (κ1) is 13.7. The zero-order valence-electron chi connectivity index (χ0n) is 9.95. The number of amides is 1. The highest BCUT2D eigenvalue weighted by Crippen LogP contribution is 2.14. The lowest BCUT2D eigenvalue weighted by Gasteiger charge is -2.04. The average Bonchev–Trinajstić information content (AvgIpc) is 2.80. The molecule has 0 fully saturated rings. The van der Waals surface area contributed by atoms with E-state index < -0.39 is 0 Å². The van der Waals surface area contributed by atoms with Crippen LogP contribution in [0.4, 0.5) is 0 Å². The van der Waals surface area contributed by atoms with E-state index in [9.17, 15) is 4.79 Å². The maximum Gasteiger partial charge on any atom is 0.221 e. The van der Waals surface area contributed by atoms with Crippen LogP contribution in [0.15, 0.2) is 12.1 Å². The van der Waals surface area contributed by atoms with Gasteiger partial charge in [-0.2, -0.15) is 5.26 Å². The van der Waals surface area contributed by atoms with Crippen LogP contribution in [0.2, 0.25) is 0 Å². The minimum atomic E-state index is 0.0863. The summed E-state index contributed by atoms with van der Waals surface area (Å²) >= 11 is 1.48. The highest BCUT2D eigenvalue weighted by Gasteiger charge is 2.01. The monoisotopic (exact) mass is 251 g/mol. The molecular formula is C12H17N3OS. The molecule has 0 aliphatic heterocycles. The van der Waals surface area contributed by atoms with Crippen molar-refractivity contribution in [2.45, 2.75) is 26.3 Å². The Morgan fingerprint density at radius 3 is 2.94 bits per heavy atom. The molecule has 1 aromatic rings. The summed E-state index contributed by atoms with van der Waals surface area (Å²) in [6.45, 7) is 4.15. The van der Waals surface area contributed by atoms with Crippen LogP contribution in [0.5, 0.6) is 0 Å². The highest BCUT2D eigenvalue weighted by atomic mass is 32.1. The van der Waals surface area contributed by atoms with Gasteiger partial charge in [-0.3, -0.25) is 4.79 Å². The van der Waals surface area contributed by atoms with Gasteiger partial charge in [0.1, 0.15) is 10.9 Å². The van der Waals surface area contributed by atoms with Crippen molar-refractivity contribution in [1.82, 2.24) is 10.6 Å². The van der Waals surface area contributed by atoms with Crippen molar-refractivity contribution in [3.8, 4) is 6.07 Å². The molecule has 0 bridgehead atoms. The summed E-state index contributed by atoms with van der Waals surface area (Å²) in [7, 11) is 0. The Morgan fingerprint density at radius 1 is 1.47 bits per heavy atom. The van der Waals surface area contributed by atoms with Gasteiger partial charge >= 0.3 is 0 Å². The molecule has 4 nitrogen and oxygen atoms in total. The second-order valence-corrected chi connectivity index (χ2v) is 4.82. The Hall–Kier alpha value is -1.38. The SMILES string of the molecule is CCCNC(=O)CCNCc1ccc(C#N)s1. The van der Waals surface area contributed by atoms with E-state index in [1.807, 2.05) is 19.1 Å². The lowest BCUT2D eigenvalue weighted by atomic mass is 10.3. The molecule has 1 rings (SSSR count). The van der Waals surface area contributed by atoms with Crippen molar-refractivity contribution >= 4 is 17.2 Å². The number of hydrogen-bond acceptors (Lipinski definition) is 4. The van der Waals surface area contributed by atoms with Crippen molar-refractivity contribution in [3.63, 3.8) is 0 Å². The van der Waals surface area contributed by atoms with Gasteiger partial charge in [-0.1, -0.05) is 6.92 Å². The molecule has 0 saturated heterocycles. The van der Waals surface area contributed by atoms with Gasteiger partial charge in [0.25, 0.3) is 0 Å². The Morgan fingerprint density at radius 2 is 2.29 bits per heavy atom. The average molecular weight is 251 g/mol. The molecule has 0 aliphatic rings. The van der Waals surface area contributed by atoms with Crippen LogP contribution >= 0.6 is 11.3 Å². The molecule has 0 spiro atoms. The predicted molar refractivity (Wildman–Crippen MR) is 68.7 cm³/mol. The fraction of sp³-hybridized carbons (Fsp3) is 0.500. The zero-order chi connectivity index (χ0) is 12.5. The summed E-state index contributed by atoms with van der Waals surface area (Å²) in [5, 5.41) is 14.7. The van der Waals surface area contributed by atoms with Crippen LogP contribution in [-0.2, 0) is 11.3 Å². The minimum absolute atomic E-state index is 0.0863. The fourth-order valence-electron chi connectivity index (χ4n) is 1.30. The predicted octanol–water partition coefficient (Wildman–Crippen LogP) is 1.63. The molecule has 0 radical (unpaired) electrons. The maximum absolute atomic E-state index is 11.3. The summed E-state index contributed by atoms with van der Waals surface area (Å²) in [6, 6.07) is 5.86. The Kier molecular flexibility index (Phi) is 6.30. The summed E-state index contributed by atoms with van der Waals surface area (Å²) < 4.78 is 0. The Balaban J connectivity index is 2.12. The van der Waals surface area contributed by atoms with Crippen LogP contribution in [0.3, 0.4) is 0 Å². The van der Waals surface area contributed by atoms with Crippen molar-refractivity contribution in [2.24, 2.45) is 0 Å². The Bertz CT molecular complexity index is 395. The van der Waals surface area contributed by atoms with Gasteiger partial charge in [-0.15, -0.1) is 11.3 Å². The second kappa shape index (κ2) is 7.82. The van der Waals surface area contributed by atoms with Gasteiger partial charge in [0.15, 0.2) is 0 Å². The van der Waals surface area contributed by atoms with E-state index in [-0.39, 0.29) is 5.91 Å².